The first-order valence-corrected chi connectivity index (χ1v) is 9.44. The van der Waals surface area contributed by atoms with Gasteiger partial charge in [-0.25, -0.2) is 4.79 Å². The minimum absolute atomic E-state index is 0. The molecule has 1 atom stereocenters. The molecule has 2 aromatic rings. The third-order valence-corrected chi connectivity index (χ3v) is 3.93. The number of rotatable bonds is 10. The monoisotopic (exact) mass is 672 g/mol. The maximum absolute atomic E-state index is 11.8. The summed E-state index contributed by atoms with van der Waals surface area (Å²) in [6, 6.07) is 7.31. The smallest absolute Gasteiger partial charge is 0.328 e. The Hall–Kier alpha value is -4.49. The van der Waals surface area contributed by atoms with E-state index in [1.54, 1.807) is 13.8 Å². The number of fused-ring (bicyclic) bond motifs is 1. The Labute approximate surface area is 175 Å². The maximum atomic E-state index is 11.8. The van der Waals surface area contributed by atoms with Crippen molar-refractivity contribution in [3.05, 3.63) is 36.0 Å². The van der Waals surface area contributed by atoms with Crippen LogP contribution in [0.5, 0.6) is 0 Å². The molecule has 0 bridgehead atoms. The number of aromatic nitrogens is 1. The third-order valence-electron chi connectivity index (χ3n) is 3.93. The van der Waals surface area contributed by atoms with Gasteiger partial charge in [0.1, 0.15) is 6.04 Å². The van der Waals surface area contributed by atoms with Gasteiger partial charge in [0.25, 0.3) is 0 Å². The summed E-state index contributed by atoms with van der Waals surface area (Å²) in [5.41, 5.74) is 2.54. The van der Waals surface area contributed by atoms with Gasteiger partial charge < -0.3 is 30.6 Å². The molecule has 0 saturated carbocycles. The fourth-order valence-electron chi connectivity index (χ4n) is 2.50. The number of ether oxygens (including phenoxy) is 1. The quantitative estimate of drug-likeness (QED) is 0.131. The second kappa shape index (κ2) is 13.6. The maximum Gasteiger partial charge on any atom is 0.328 e. The second-order valence-electron chi connectivity index (χ2n) is 6.73. The molecule has 0 fully saturated rings. The van der Waals surface area contributed by atoms with Crippen LogP contribution in [0, 0.1) is 12.3 Å². The molecule has 2 rings (SSSR count). The number of nitrogens with one attached hydrogen (secondary N) is 4. The molecule has 31 heavy (non-hydrogen) atoms. The summed E-state index contributed by atoms with van der Waals surface area (Å²) >= 11 is 0. The standard InChI is InChI=1S/C12H18N3O5.C9H9N.Fm/c1-8(2)20-12(19)10(4-3-9(17)5-13)15-11(18)6-14-7-16;1-7-6-10-9-5-3-2-4-8(7)9;/h5,8,10,13H,3-4,6H2,1-2H3,(H,14,16)(H,15,18);2-6,10H,1H3;/q-1;;. The number of para-hydroxylation sites is 1. The predicted molar refractivity (Wildman–Crippen MR) is 113 cm³/mol. The van der Waals surface area contributed by atoms with Gasteiger partial charge in [0, 0.05) is 23.5 Å². The second-order valence-corrected chi connectivity index (χ2v) is 6.73. The number of amides is 2. The van der Waals surface area contributed by atoms with Gasteiger partial charge in [-0.2, -0.15) is 6.41 Å². The van der Waals surface area contributed by atoms with Crippen molar-refractivity contribution in [3.63, 3.8) is 0 Å². The van der Waals surface area contributed by atoms with Gasteiger partial charge in [0.15, 0.2) is 5.78 Å². The normalized spacial score (nSPS) is 10.7. The largest absolute Gasteiger partial charge is 0.522 e. The summed E-state index contributed by atoms with van der Waals surface area (Å²) < 4.78 is 4.96. The van der Waals surface area contributed by atoms with Crippen LogP contribution in [0.2, 0.25) is 0 Å². The van der Waals surface area contributed by atoms with E-state index >= 15 is 0 Å². The molecule has 174 valence electrons. The fourth-order valence-corrected chi connectivity index (χ4v) is 2.50. The first kappa shape index (κ1) is 26.5. The van der Waals surface area contributed by atoms with Gasteiger partial charge in [-0.3, -0.25) is 9.59 Å². The Kier molecular flexibility index (Phi) is 11.7. The molecule has 0 aliphatic heterocycles. The molecule has 1 unspecified atom stereocenters. The van der Waals surface area contributed by atoms with Crippen molar-refractivity contribution < 1.29 is 23.9 Å². The van der Waals surface area contributed by atoms with Crippen LogP contribution in [0.15, 0.2) is 30.5 Å². The first-order valence-electron chi connectivity index (χ1n) is 9.44. The van der Waals surface area contributed by atoms with E-state index < -0.39 is 23.7 Å². The summed E-state index contributed by atoms with van der Waals surface area (Å²) in [5, 5.41) is 12.5. The van der Waals surface area contributed by atoms with Crippen LogP contribution in [0.1, 0.15) is 32.3 Å². The molecular weight excluding hydrogens is 645 g/mol. The van der Waals surface area contributed by atoms with Crippen molar-refractivity contribution in [1.82, 2.24) is 15.6 Å². The van der Waals surface area contributed by atoms with Crippen molar-refractivity contribution in [3.8, 4) is 0 Å². The van der Waals surface area contributed by atoms with Crippen LogP contribution in [-0.4, -0.2) is 54.0 Å². The van der Waals surface area contributed by atoms with Crippen LogP contribution >= 0.6 is 0 Å². The minimum atomic E-state index is -0.998. The number of aryl methyl sites for hydroxylation is 1. The zero-order valence-electron chi connectivity index (χ0n) is 17.6. The van der Waals surface area contributed by atoms with Crippen LogP contribution < -0.4 is 10.6 Å². The molecule has 10 heteroatoms. The number of aromatic amines is 1. The van der Waals surface area contributed by atoms with Gasteiger partial charge in [0.05, 0.1) is 18.9 Å². The third kappa shape index (κ3) is 9.51. The summed E-state index contributed by atoms with van der Waals surface area (Å²) in [5.74, 6) is -1.72. The minimum Gasteiger partial charge on any atom is -0.522 e. The first-order chi connectivity index (χ1) is 14.3. The van der Waals surface area contributed by atoms with Crippen LogP contribution in [0.3, 0.4) is 0 Å². The number of benzene rings is 1. The van der Waals surface area contributed by atoms with E-state index in [-0.39, 0.29) is 25.5 Å². The average Bonchev–Trinajstić information content (AvgIpc) is 3.10. The molecule has 0 saturated heterocycles. The molecule has 1 aromatic heterocycles. The van der Waals surface area contributed by atoms with E-state index in [0.717, 1.165) is 0 Å². The Bertz CT molecular complexity index is 882. The predicted octanol–water partition coefficient (Wildman–Crippen LogP) is 1.55. The van der Waals surface area contributed by atoms with Gasteiger partial charge in [-0.15, -0.1) is 0 Å². The molecule has 0 spiro atoms. The zero-order valence-corrected chi connectivity index (χ0v) is 20.0. The van der Waals surface area contributed by atoms with Crippen molar-refractivity contribution >= 4 is 41.2 Å². The molecule has 0 aliphatic rings. The van der Waals surface area contributed by atoms with Crippen molar-refractivity contribution in [2.45, 2.75) is 45.8 Å². The number of carbonyl (C=O) groups is 3. The molecule has 2 amide bonds. The van der Waals surface area contributed by atoms with Crippen LogP contribution in [-0.2, 0) is 23.9 Å². The van der Waals surface area contributed by atoms with Crippen molar-refractivity contribution in [1.29, 1.82) is 5.41 Å². The van der Waals surface area contributed by atoms with Gasteiger partial charge >= 0.3 is 5.97 Å². The molecule has 1 aromatic carbocycles. The van der Waals surface area contributed by atoms with Crippen LogP contribution in [0.4, 0.5) is 0 Å². The van der Waals surface area contributed by atoms with Gasteiger partial charge in [-0.05, 0) is 38.8 Å². The fraction of sp³-hybridized carbons (Fsp3) is 0.381. The number of ketones is 1. The molecule has 4 N–H and O–H groups in total. The SMILES string of the molecule is CC(C)OC(=O)C(CCC(=O)C=N)NC(=O)CN[C-]=O.Cc1c[nH]c2ccccc12.[Fm]. The van der Waals surface area contributed by atoms with Crippen LogP contribution in [0.25, 0.3) is 10.9 Å². The molecule has 0 radical (unpaired) electrons. The van der Waals surface area contributed by atoms with Gasteiger partial charge in [-0.1, -0.05) is 18.2 Å². The number of hydrogen-bond acceptors (Lipinski definition) is 6. The molecule has 9 nitrogen and oxygen atoms in total. The van der Waals surface area contributed by atoms with E-state index in [1.165, 1.54) is 22.9 Å². The topological polar surface area (TPSA) is 141 Å². The Morgan fingerprint density at radius 1 is 1.26 bits per heavy atom. The Balaban J connectivity index is 0.000000675. The zero-order chi connectivity index (χ0) is 22.5. The number of H-pyrrole nitrogens is 1. The van der Waals surface area contributed by atoms with Crippen molar-refractivity contribution in [2.24, 2.45) is 0 Å². The number of Topliss-reactive ketones (excluding diaryl/α,β-unsaturated/α-hetero) is 1. The van der Waals surface area contributed by atoms with Crippen molar-refractivity contribution in [2.75, 3.05) is 6.54 Å². The number of esters is 1. The summed E-state index contributed by atoms with van der Waals surface area (Å²) in [6.07, 6.45) is 3.62. The van der Waals surface area contributed by atoms with E-state index in [1.807, 2.05) is 17.6 Å². The summed E-state index contributed by atoms with van der Waals surface area (Å²) in [6.45, 7) is 5.09. The number of hydrogen-bond donors (Lipinski definition) is 4. The molecule has 0 aliphatic carbocycles. The van der Waals surface area contributed by atoms with E-state index in [2.05, 4.69) is 35.4 Å². The molecular formula is C21H27FmN4O5-. The summed E-state index contributed by atoms with van der Waals surface area (Å²) in [4.78, 5) is 47.4. The van der Waals surface area contributed by atoms with Gasteiger partial charge in [0.2, 0.25) is 5.91 Å². The number of carbonyl (C=O) groups excluding carboxylic acids is 4. The Morgan fingerprint density at radius 3 is 2.52 bits per heavy atom. The Morgan fingerprint density at radius 2 is 1.94 bits per heavy atom. The van der Waals surface area contributed by atoms with E-state index in [0.29, 0.717) is 6.21 Å². The average molecular weight is 672 g/mol. The summed E-state index contributed by atoms with van der Waals surface area (Å²) in [7, 11) is 0. The molecule has 1 heterocycles. The van der Waals surface area contributed by atoms with E-state index in [9.17, 15) is 19.2 Å². The van der Waals surface area contributed by atoms with E-state index in [4.69, 9.17) is 10.1 Å².